The molecule has 0 heterocycles. The number of ketones is 1. The van der Waals surface area contributed by atoms with Crippen LogP contribution in [0.25, 0.3) is 0 Å². The summed E-state index contributed by atoms with van der Waals surface area (Å²) in [4.78, 5) is 11.8. The number of methoxy groups -OCH3 is 1. The summed E-state index contributed by atoms with van der Waals surface area (Å²) in [5.74, 6) is -0.0716. The molecule has 0 atom stereocenters. The molecule has 0 aliphatic carbocycles. The Morgan fingerprint density at radius 2 is 1.73 bits per heavy atom. The first-order chi connectivity index (χ1) is 6.81. The molecular formula is C12H24O3. The summed E-state index contributed by atoms with van der Waals surface area (Å²) >= 11 is 0. The third-order valence-electron chi connectivity index (χ3n) is 3.20. The van der Waals surface area contributed by atoms with E-state index in [9.17, 15) is 9.90 Å². The molecular weight excluding hydrogens is 192 g/mol. The highest BCUT2D eigenvalue weighted by Crippen LogP contribution is 2.22. The fourth-order valence-electron chi connectivity index (χ4n) is 1.39. The van der Waals surface area contributed by atoms with Crippen LogP contribution in [0, 0.1) is 0 Å². The zero-order valence-corrected chi connectivity index (χ0v) is 10.6. The molecule has 0 aromatic rings. The summed E-state index contributed by atoms with van der Waals surface area (Å²) in [6, 6.07) is 0. The fraction of sp³-hybridized carbons (Fsp3) is 0.917. The van der Waals surface area contributed by atoms with Crippen molar-refractivity contribution in [3.63, 3.8) is 0 Å². The van der Waals surface area contributed by atoms with Crippen molar-refractivity contribution in [1.29, 1.82) is 0 Å². The van der Waals surface area contributed by atoms with E-state index in [-0.39, 0.29) is 11.4 Å². The first kappa shape index (κ1) is 14.6. The van der Waals surface area contributed by atoms with Crippen molar-refractivity contribution in [2.24, 2.45) is 0 Å². The maximum atomic E-state index is 11.8. The van der Waals surface area contributed by atoms with Crippen LogP contribution < -0.4 is 0 Å². The number of Topliss-reactive ketones (excluding diaryl/α,β-unsaturated/α-hetero) is 1. The van der Waals surface area contributed by atoms with E-state index in [1.165, 1.54) is 0 Å². The SMILES string of the molecule is CCC(O)(CC)C(=O)CCC(C)(C)OC. The van der Waals surface area contributed by atoms with E-state index in [0.29, 0.717) is 25.7 Å². The van der Waals surface area contributed by atoms with E-state index in [1.807, 2.05) is 27.7 Å². The van der Waals surface area contributed by atoms with Crippen LogP contribution in [-0.2, 0) is 9.53 Å². The lowest BCUT2D eigenvalue weighted by molar-refractivity contribution is -0.139. The maximum Gasteiger partial charge on any atom is 0.164 e. The summed E-state index contributed by atoms with van der Waals surface area (Å²) in [5.41, 5.74) is -1.43. The summed E-state index contributed by atoms with van der Waals surface area (Å²) in [7, 11) is 1.64. The van der Waals surface area contributed by atoms with Crippen LogP contribution in [0.2, 0.25) is 0 Å². The molecule has 0 rings (SSSR count). The lowest BCUT2D eigenvalue weighted by Gasteiger charge is -2.27. The number of aliphatic hydroxyl groups is 1. The molecule has 15 heavy (non-hydrogen) atoms. The van der Waals surface area contributed by atoms with Crippen molar-refractivity contribution in [1.82, 2.24) is 0 Å². The second kappa shape index (κ2) is 5.61. The van der Waals surface area contributed by atoms with Gasteiger partial charge in [-0.1, -0.05) is 13.8 Å². The third-order valence-corrected chi connectivity index (χ3v) is 3.20. The minimum atomic E-state index is -1.14. The average molecular weight is 216 g/mol. The van der Waals surface area contributed by atoms with Gasteiger partial charge in [-0.15, -0.1) is 0 Å². The van der Waals surface area contributed by atoms with Crippen LogP contribution in [-0.4, -0.2) is 29.2 Å². The smallest absolute Gasteiger partial charge is 0.164 e. The number of hydrogen-bond acceptors (Lipinski definition) is 3. The van der Waals surface area contributed by atoms with E-state index in [0.717, 1.165) is 0 Å². The average Bonchev–Trinajstić information content (AvgIpc) is 2.24. The minimum Gasteiger partial charge on any atom is -0.382 e. The lowest BCUT2D eigenvalue weighted by atomic mass is 9.87. The molecule has 1 N–H and O–H groups in total. The van der Waals surface area contributed by atoms with Gasteiger partial charge in [-0.2, -0.15) is 0 Å². The topological polar surface area (TPSA) is 46.5 Å². The van der Waals surface area contributed by atoms with Crippen LogP contribution in [0.1, 0.15) is 53.4 Å². The van der Waals surface area contributed by atoms with Crippen LogP contribution in [0.15, 0.2) is 0 Å². The van der Waals surface area contributed by atoms with Gasteiger partial charge in [0, 0.05) is 13.5 Å². The molecule has 0 saturated carbocycles. The van der Waals surface area contributed by atoms with Crippen LogP contribution in [0.4, 0.5) is 0 Å². The summed E-state index contributed by atoms with van der Waals surface area (Å²) < 4.78 is 5.23. The fourth-order valence-corrected chi connectivity index (χ4v) is 1.39. The standard InChI is InChI=1S/C12H24O3/c1-6-12(14,7-2)10(13)8-9-11(3,4)15-5/h14H,6-9H2,1-5H3. The van der Waals surface area contributed by atoms with E-state index in [2.05, 4.69) is 0 Å². The van der Waals surface area contributed by atoms with Gasteiger partial charge in [-0.3, -0.25) is 4.79 Å². The van der Waals surface area contributed by atoms with Gasteiger partial charge in [0.05, 0.1) is 5.60 Å². The molecule has 90 valence electrons. The van der Waals surface area contributed by atoms with Gasteiger partial charge in [0.2, 0.25) is 0 Å². The highest BCUT2D eigenvalue weighted by molar-refractivity contribution is 5.86. The molecule has 0 aromatic carbocycles. The van der Waals surface area contributed by atoms with Crippen LogP contribution in [0.3, 0.4) is 0 Å². The Kier molecular flexibility index (Phi) is 5.46. The summed E-state index contributed by atoms with van der Waals surface area (Å²) in [5, 5.41) is 9.98. The molecule has 0 saturated heterocycles. The second-order valence-electron chi connectivity index (χ2n) is 4.63. The molecule has 0 aliphatic heterocycles. The Hall–Kier alpha value is -0.410. The molecule has 3 nitrogen and oxygen atoms in total. The predicted octanol–water partition coefficient (Wildman–Crippen LogP) is 2.31. The Bertz CT molecular complexity index is 205. The maximum absolute atomic E-state index is 11.8. The number of carbonyl (C=O) groups is 1. The molecule has 0 fully saturated rings. The largest absolute Gasteiger partial charge is 0.382 e. The van der Waals surface area contributed by atoms with Gasteiger partial charge in [0.25, 0.3) is 0 Å². The van der Waals surface area contributed by atoms with Gasteiger partial charge < -0.3 is 9.84 Å². The first-order valence-corrected chi connectivity index (χ1v) is 5.62. The van der Waals surface area contributed by atoms with Gasteiger partial charge in [-0.05, 0) is 33.1 Å². The third kappa shape index (κ3) is 4.31. The molecule has 3 heteroatoms. The minimum absolute atomic E-state index is 0.0716. The molecule has 0 aliphatic rings. The van der Waals surface area contributed by atoms with E-state index in [4.69, 9.17) is 4.74 Å². The highest BCUT2D eigenvalue weighted by Gasteiger charge is 2.32. The number of ether oxygens (including phenoxy) is 1. The zero-order chi connectivity index (χ0) is 12.1. The molecule has 0 aromatic heterocycles. The quantitative estimate of drug-likeness (QED) is 0.710. The van der Waals surface area contributed by atoms with Crippen LogP contribution in [0.5, 0.6) is 0 Å². The molecule has 0 unspecified atom stereocenters. The van der Waals surface area contributed by atoms with E-state index in [1.54, 1.807) is 7.11 Å². The Morgan fingerprint density at radius 1 is 1.27 bits per heavy atom. The van der Waals surface area contributed by atoms with Gasteiger partial charge in [0.1, 0.15) is 5.60 Å². The number of rotatable bonds is 7. The number of carbonyl (C=O) groups excluding carboxylic acids is 1. The van der Waals surface area contributed by atoms with Gasteiger partial charge >= 0.3 is 0 Å². The molecule has 0 bridgehead atoms. The van der Waals surface area contributed by atoms with Crippen molar-refractivity contribution >= 4 is 5.78 Å². The monoisotopic (exact) mass is 216 g/mol. The molecule has 0 amide bonds. The zero-order valence-electron chi connectivity index (χ0n) is 10.6. The Labute approximate surface area is 92.8 Å². The van der Waals surface area contributed by atoms with Crippen molar-refractivity contribution in [2.45, 2.75) is 64.6 Å². The van der Waals surface area contributed by atoms with Crippen molar-refractivity contribution in [2.75, 3.05) is 7.11 Å². The normalized spacial score (nSPS) is 12.9. The van der Waals surface area contributed by atoms with Gasteiger partial charge in [-0.25, -0.2) is 0 Å². The van der Waals surface area contributed by atoms with Crippen molar-refractivity contribution < 1.29 is 14.6 Å². The second-order valence-corrected chi connectivity index (χ2v) is 4.63. The molecule has 0 radical (unpaired) electrons. The van der Waals surface area contributed by atoms with Crippen LogP contribution >= 0.6 is 0 Å². The van der Waals surface area contributed by atoms with E-state index >= 15 is 0 Å². The van der Waals surface area contributed by atoms with Gasteiger partial charge in [0.15, 0.2) is 5.78 Å². The Balaban J connectivity index is 4.26. The summed E-state index contributed by atoms with van der Waals surface area (Å²) in [6.45, 7) is 7.56. The van der Waals surface area contributed by atoms with Crippen molar-refractivity contribution in [3.8, 4) is 0 Å². The Morgan fingerprint density at radius 3 is 2.07 bits per heavy atom. The number of hydrogen-bond donors (Lipinski definition) is 1. The van der Waals surface area contributed by atoms with E-state index < -0.39 is 5.60 Å². The predicted molar refractivity (Wildman–Crippen MR) is 60.9 cm³/mol. The highest BCUT2D eigenvalue weighted by atomic mass is 16.5. The lowest BCUT2D eigenvalue weighted by Crippen LogP contribution is -2.38. The first-order valence-electron chi connectivity index (χ1n) is 5.62. The van der Waals surface area contributed by atoms with Crippen molar-refractivity contribution in [3.05, 3.63) is 0 Å². The summed E-state index contributed by atoms with van der Waals surface area (Å²) in [6.07, 6.45) is 1.98. The molecule has 0 spiro atoms.